The van der Waals surface area contributed by atoms with Crippen molar-refractivity contribution in [1.29, 1.82) is 0 Å². The number of hydrogen-bond acceptors (Lipinski definition) is 4. The summed E-state index contributed by atoms with van der Waals surface area (Å²) in [5, 5.41) is 12.8. The van der Waals surface area contributed by atoms with Crippen LogP contribution < -0.4 is 0 Å². The van der Waals surface area contributed by atoms with Crippen LogP contribution in [0.1, 0.15) is 45.0 Å². The van der Waals surface area contributed by atoms with E-state index in [4.69, 9.17) is 9.63 Å². The van der Waals surface area contributed by atoms with E-state index in [0.29, 0.717) is 17.6 Å². The first-order valence-electron chi connectivity index (χ1n) is 4.64. The molecule has 0 aliphatic carbocycles. The molecule has 0 saturated heterocycles. The minimum Gasteiger partial charge on any atom is -0.385 e. The molecular weight excluding hydrogens is 168 g/mol. The zero-order chi connectivity index (χ0) is 9.84. The van der Waals surface area contributed by atoms with Crippen LogP contribution >= 0.6 is 0 Å². The molecule has 0 saturated carbocycles. The van der Waals surface area contributed by atoms with Crippen LogP contribution in [0.3, 0.4) is 0 Å². The summed E-state index contributed by atoms with van der Waals surface area (Å²) in [6, 6.07) is 0. The molecule has 0 aliphatic rings. The van der Waals surface area contributed by atoms with E-state index < -0.39 is 6.10 Å². The van der Waals surface area contributed by atoms with E-state index in [1.807, 2.05) is 0 Å². The third-order valence-corrected chi connectivity index (χ3v) is 2.08. The molecule has 0 aliphatic heterocycles. The maximum absolute atomic E-state index is 9.14. The number of aromatic nitrogens is 2. The Balaban J connectivity index is 2.58. The molecule has 4 heteroatoms. The molecule has 13 heavy (non-hydrogen) atoms. The summed E-state index contributed by atoms with van der Waals surface area (Å²) in [5.74, 6) is 1.53. The number of aliphatic hydroxyl groups excluding tert-OH is 1. The molecule has 1 heterocycles. The van der Waals surface area contributed by atoms with E-state index in [1.165, 1.54) is 0 Å². The summed E-state index contributed by atoms with van der Waals surface area (Å²) in [4.78, 5) is 4.07. The lowest BCUT2D eigenvalue weighted by atomic mass is 10.1. The highest BCUT2D eigenvalue weighted by molar-refractivity contribution is 4.89. The summed E-state index contributed by atoms with van der Waals surface area (Å²) >= 11 is 0. The van der Waals surface area contributed by atoms with Gasteiger partial charge in [-0.15, -0.1) is 0 Å². The Labute approximate surface area is 78.0 Å². The average Bonchev–Trinajstić information content (AvgIpc) is 2.52. The van der Waals surface area contributed by atoms with Gasteiger partial charge < -0.3 is 9.63 Å². The molecule has 4 nitrogen and oxygen atoms in total. The van der Waals surface area contributed by atoms with E-state index in [0.717, 1.165) is 12.8 Å². The molecule has 1 aromatic rings. The molecule has 0 radical (unpaired) electrons. The van der Waals surface area contributed by atoms with Crippen molar-refractivity contribution in [2.75, 3.05) is 0 Å². The minimum atomic E-state index is -0.644. The fourth-order valence-electron chi connectivity index (χ4n) is 0.963. The molecule has 0 aromatic carbocycles. The normalized spacial score (nSPS) is 15.7. The van der Waals surface area contributed by atoms with Gasteiger partial charge in [0.1, 0.15) is 6.10 Å². The van der Waals surface area contributed by atoms with Crippen molar-refractivity contribution in [3.63, 3.8) is 0 Å². The SMILES string of the molecule is CCC(C)Cc1nc(C(C)O)no1. The highest BCUT2D eigenvalue weighted by Gasteiger charge is 2.12. The first-order valence-corrected chi connectivity index (χ1v) is 4.64. The number of hydrogen-bond donors (Lipinski definition) is 1. The summed E-state index contributed by atoms with van der Waals surface area (Å²) < 4.78 is 4.98. The van der Waals surface area contributed by atoms with Crippen LogP contribution in [0.4, 0.5) is 0 Å². The van der Waals surface area contributed by atoms with E-state index in [-0.39, 0.29) is 0 Å². The monoisotopic (exact) mass is 184 g/mol. The molecule has 0 amide bonds. The Morgan fingerprint density at radius 2 is 2.15 bits per heavy atom. The lowest BCUT2D eigenvalue weighted by molar-refractivity contribution is 0.184. The van der Waals surface area contributed by atoms with Crippen molar-refractivity contribution < 1.29 is 9.63 Å². The molecule has 0 fully saturated rings. The van der Waals surface area contributed by atoms with Gasteiger partial charge in [-0.05, 0) is 12.8 Å². The van der Waals surface area contributed by atoms with Crippen LogP contribution in [-0.2, 0) is 6.42 Å². The summed E-state index contributed by atoms with van der Waals surface area (Å²) in [6.45, 7) is 5.88. The number of aliphatic hydroxyl groups is 1. The second-order valence-electron chi connectivity index (χ2n) is 3.44. The van der Waals surface area contributed by atoms with Crippen LogP contribution in [-0.4, -0.2) is 15.2 Å². The minimum absolute atomic E-state index is 0.373. The molecule has 2 atom stereocenters. The van der Waals surface area contributed by atoms with Gasteiger partial charge in [0.25, 0.3) is 0 Å². The Morgan fingerprint density at radius 1 is 1.46 bits per heavy atom. The first-order chi connectivity index (χ1) is 6.13. The van der Waals surface area contributed by atoms with Crippen molar-refractivity contribution in [1.82, 2.24) is 10.1 Å². The van der Waals surface area contributed by atoms with Crippen molar-refractivity contribution in [2.45, 2.75) is 39.7 Å². The molecule has 1 N–H and O–H groups in total. The van der Waals surface area contributed by atoms with E-state index in [2.05, 4.69) is 24.0 Å². The maximum Gasteiger partial charge on any atom is 0.227 e. The van der Waals surface area contributed by atoms with Gasteiger partial charge >= 0.3 is 0 Å². The Bertz CT molecular complexity index is 258. The van der Waals surface area contributed by atoms with Crippen molar-refractivity contribution in [3.8, 4) is 0 Å². The highest BCUT2D eigenvalue weighted by atomic mass is 16.5. The van der Waals surface area contributed by atoms with Gasteiger partial charge in [-0.3, -0.25) is 0 Å². The van der Waals surface area contributed by atoms with Gasteiger partial charge in [0, 0.05) is 6.42 Å². The first kappa shape index (κ1) is 10.2. The molecular formula is C9H16N2O2. The topological polar surface area (TPSA) is 59.2 Å². The number of nitrogens with zero attached hydrogens (tertiary/aromatic N) is 2. The molecule has 0 spiro atoms. The van der Waals surface area contributed by atoms with Gasteiger partial charge in [-0.2, -0.15) is 4.98 Å². The Morgan fingerprint density at radius 3 is 2.62 bits per heavy atom. The van der Waals surface area contributed by atoms with Gasteiger partial charge in [0.15, 0.2) is 5.82 Å². The average molecular weight is 184 g/mol. The van der Waals surface area contributed by atoms with Gasteiger partial charge in [0.2, 0.25) is 5.89 Å². The maximum atomic E-state index is 9.14. The summed E-state index contributed by atoms with van der Waals surface area (Å²) in [7, 11) is 0. The van der Waals surface area contributed by atoms with Crippen molar-refractivity contribution >= 4 is 0 Å². The van der Waals surface area contributed by atoms with Crippen LogP contribution in [0.2, 0.25) is 0 Å². The number of rotatable bonds is 4. The third kappa shape index (κ3) is 2.81. The van der Waals surface area contributed by atoms with E-state index in [9.17, 15) is 0 Å². The predicted molar refractivity (Wildman–Crippen MR) is 48.1 cm³/mol. The van der Waals surface area contributed by atoms with Crippen LogP contribution in [0.5, 0.6) is 0 Å². The summed E-state index contributed by atoms with van der Waals surface area (Å²) in [6.07, 6.45) is 1.23. The zero-order valence-corrected chi connectivity index (χ0v) is 8.32. The highest BCUT2D eigenvalue weighted by Crippen LogP contribution is 2.12. The Hall–Kier alpha value is -0.900. The second kappa shape index (κ2) is 4.37. The van der Waals surface area contributed by atoms with Gasteiger partial charge in [-0.25, -0.2) is 0 Å². The molecule has 1 aromatic heterocycles. The van der Waals surface area contributed by atoms with Gasteiger partial charge in [-0.1, -0.05) is 25.4 Å². The fourth-order valence-corrected chi connectivity index (χ4v) is 0.963. The predicted octanol–water partition coefficient (Wildman–Crippen LogP) is 1.71. The largest absolute Gasteiger partial charge is 0.385 e. The zero-order valence-electron chi connectivity index (χ0n) is 8.32. The van der Waals surface area contributed by atoms with Crippen LogP contribution in [0.25, 0.3) is 0 Å². The molecule has 0 bridgehead atoms. The fraction of sp³-hybridized carbons (Fsp3) is 0.778. The van der Waals surface area contributed by atoms with Crippen LogP contribution in [0, 0.1) is 5.92 Å². The lowest BCUT2D eigenvalue weighted by Crippen LogP contribution is -1.99. The molecule has 74 valence electrons. The molecule has 2 unspecified atom stereocenters. The smallest absolute Gasteiger partial charge is 0.227 e. The van der Waals surface area contributed by atoms with E-state index in [1.54, 1.807) is 6.92 Å². The standard InChI is InChI=1S/C9H16N2O2/c1-4-6(2)5-8-10-9(7(3)12)11-13-8/h6-7,12H,4-5H2,1-3H3. The lowest BCUT2D eigenvalue weighted by Gasteiger charge is -2.01. The van der Waals surface area contributed by atoms with Crippen LogP contribution in [0.15, 0.2) is 4.52 Å². The van der Waals surface area contributed by atoms with Crippen molar-refractivity contribution in [3.05, 3.63) is 11.7 Å². The summed E-state index contributed by atoms with van der Waals surface area (Å²) in [5.41, 5.74) is 0. The second-order valence-corrected chi connectivity index (χ2v) is 3.44. The van der Waals surface area contributed by atoms with Crippen molar-refractivity contribution in [2.24, 2.45) is 5.92 Å². The quantitative estimate of drug-likeness (QED) is 0.773. The molecule has 1 rings (SSSR count). The van der Waals surface area contributed by atoms with E-state index >= 15 is 0 Å². The Kier molecular flexibility index (Phi) is 3.42. The van der Waals surface area contributed by atoms with Gasteiger partial charge in [0.05, 0.1) is 0 Å². The third-order valence-electron chi connectivity index (χ3n) is 2.08.